The molecule has 2 N–H and O–H groups in total. The Morgan fingerprint density at radius 3 is 2.24 bits per heavy atom. The third kappa shape index (κ3) is 2.78. The molecule has 2 amide bonds. The molecule has 0 aromatic heterocycles. The van der Waals surface area contributed by atoms with Crippen LogP contribution in [0.3, 0.4) is 0 Å². The lowest BCUT2D eigenvalue weighted by molar-refractivity contribution is -0.146. The molecule has 0 heterocycles. The van der Waals surface area contributed by atoms with Crippen LogP contribution in [0.25, 0.3) is 0 Å². The number of hydrogen-bond donors (Lipinski definition) is 2. The second-order valence-electron chi connectivity index (χ2n) is 6.03. The number of nitrogens with one attached hydrogen (secondary N) is 1. The van der Waals surface area contributed by atoms with Gasteiger partial charge in [-0.05, 0) is 24.3 Å². The number of rotatable bonds is 5. The molecule has 1 unspecified atom stereocenters. The maximum Gasteiger partial charge on any atom is 0.266 e. The van der Waals surface area contributed by atoms with E-state index in [1.165, 1.54) is 4.90 Å². The van der Waals surface area contributed by atoms with Gasteiger partial charge in [0.25, 0.3) is 5.91 Å². The molecule has 5 nitrogen and oxygen atoms in total. The first-order valence-electron chi connectivity index (χ1n) is 7.21. The van der Waals surface area contributed by atoms with E-state index in [1.54, 1.807) is 12.5 Å². The summed E-state index contributed by atoms with van der Waals surface area (Å²) >= 11 is 0. The Morgan fingerprint density at radius 1 is 1.24 bits per heavy atom. The van der Waals surface area contributed by atoms with Gasteiger partial charge in [-0.1, -0.05) is 44.2 Å². The normalized spacial score (nSPS) is 17.2. The van der Waals surface area contributed by atoms with Crippen molar-refractivity contribution in [3.8, 4) is 0 Å². The van der Waals surface area contributed by atoms with E-state index >= 15 is 0 Å². The van der Waals surface area contributed by atoms with Gasteiger partial charge in [0.05, 0.1) is 5.41 Å². The molecule has 21 heavy (non-hydrogen) atoms. The van der Waals surface area contributed by atoms with Crippen LogP contribution in [0.5, 0.6) is 0 Å². The van der Waals surface area contributed by atoms with Gasteiger partial charge in [0.15, 0.2) is 0 Å². The lowest BCUT2D eigenvalue weighted by atomic mass is 9.92. The number of nitrogens with zero attached hydrogens (tertiary/aromatic N) is 1. The van der Waals surface area contributed by atoms with Crippen molar-refractivity contribution < 1.29 is 14.8 Å². The van der Waals surface area contributed by atoms with Crippen LogP contribution in [-0.2, 0) is 15.0 Å². The number of amides is 2. The molecule has 1 aromatic rings. The monoisotopic (exact) mass is 290 g/mol. The topological polar surface area (TPSA) is 69.6 Å². The summed E-state index contributed by atoms with van der Waals surface area (Å²) < 4.78 is 0. The van der Waals surface area contributed by atoms with Crippen LogP contribution in [0, 0.1) is 5.92 Å². The Morgan fingerprint density at radius 2 is 1.81 bits per heavy atom. The van der Waals surface area contributed by atoms with Crippen molar-refractivity contribution in [2.24, 2.45) is 5.92 Å². The summed E-state index contributed by atoms with van der Waals surface area (Å²) in [5, 5.41) is 8.88. The van der Waals surface area contributed by atoms with Crippen LogP contribution in [0.4, 0.5) is 0 Å². The van der Waals surface area contributed by atoms with Crippen LogP contribution in [0.15, 0.2) is 30.3 Å². The van der Waals surface area contributed by atoms with Crippen molar-refractivity contribution >= 4 is 11.8 Å². The third-order valence-corrected chi connectivity index (χ3v) is 4.23. The lowest BCUT2D eigenvalue weighted by Crippen LogP contribution is -2.52. The Labute approximate surface area is 124 Å². The first-order chi connectivity index (χ1) is 9.94. The highest BCUT2D eigenvalue weighted by atomic mass is 16.5. The van der Waals surface area contributed by atoms with E-state index in [0.717, 1.165) is 18.4 Å². The Balaban J connectivity index is 2.25. The van der Waals surface area contributed by atoms with Gasteiger partial charge in [-0.25, -0.2) is 5.48 Å². The molecule has 1 atom stereocenters. The predicted molar refractivity (Wildman–Crippen MR) is 78.7 cm³/mol. The van der Waals surface area contributed by atoms with Gasteiger partial charge < -0.3 is 4.90 Å². The van der Waals surface area contributed by atoms with Crippen molar-refractivity contribution in [1.82, 2.24) is 10.4 Å². The largest absolute Gasteiger partial charge is 0.333 e. The van der Waals surface area contributed by atoms with E-state index in [1.807, 2.05) is 44.2 Å². The van der Waals surface area contributed by atoms with Crippen molar-refractivity contribution in [3.05, 3.63) is 35.9 Å². The molecule has 0 bridgehead atoms. The average Bonchev–Trinajstić information content (AvgIpc) is 3.28. The minimum Gasteiger partial charge on any atom is -0.333 e. The molecule has 1 aromatic carbocycles. The second kappa shape index (κ2) is 5.85. The molecular formula is C16H22N2O3. The summed E-state index contributed by atoms with van der Waals surface area (Å²) in [7, 11) is 1.63. The molecule has 2 rings (SSSR count). The van der Waals surface area contributed by atoms with Crippen LogP contribution in [0.1, 0.15) is 32.3 Å². The number of carbonyl (C=O) groups excluding carboxylic acids is 2. The maximum absolute atomic E-state index is 12.9. The maximum atomic E-state index is 12.9. The first kappa shape index (κ1) is 15.5. The predicted octanol–water partition coefficient (Wildman–Crippen LogP) is 1.71. The van der Waals surface area contributed by atoms with Crippen LogP contribution < -0.4 is 5.48 Å². The molecular weight excluding hydrogens is 268 g/mol. The number of hydroxylamine groups is 1. The fraction of sp³-hybridized carbons (Fsp3) is 0.500. The summed E-state index contributed by atoms with van der Waals surface area (Å²) in [5.41, 5.74) is 2.15. The van der Waals surface area contributed by atoms with Gasteiger partial charge in [0, 0.05) is 7.05 Å². The highest BCUT2D eigenvalue weighted by Crippen LogP contribution is 2.49. The van der Waals surface area contributed by atoms with E-state index in [4.69, 9.17) is 5.21 Å². The van der Waals surface area contributed by atoms with Gasteiger partial charge in [0.1, 0.15) is 6.04 Å². The molecule has 0 radical (unpaired) electrons. The fourth-order valence-corrected chi connectivity index (χ4v) is 2.96. The Hall–Kier alpha value is -1.88. The van der Waals surface area contributed by atoms with Crippen molar-refractivity contribution in [2.75, 3.05) is 7.05 Å². The van der Waals surface area contributed by atoms with Crippen LogP contribution >= 0.6 is 0 Å². The SMILES string of the molecule is CC(C)C(C(=O)NO)N(C)C(=O)C1(c2ccccc2)CC1. The van der Waals surface area contributed by atoms with E-state index in [-0.39, 0.29) is 11.8 Å². The molecule has 114 valence electrons. The fourth-order valence-electron chi connectivity index (χ4n) is 2.96. The molecule has 0 saturated heterocycles. The standard InChI is InChI=1S/C16H22N2O3/c1-11(2)13(14(19)17-21)18(3)15(20)16(9-10-16)12-7-5-4-6-8-12/h4-8,11,13,21H,9-10H2,1-3H3,(H,17,19). The molecule has 1 aliphatic carbocycles. The smallest absolute Gasteiger partial charge is 0.266 e. The van der Waals surface area contributed by atoms with Gasteiger partial charge in [0.2, 0.25) is 5.91 Å². The zero-order valence-corrected chi connectivity index (χ0v) is 12.7. The molecule has 1 fully saturated rings. The van der Waals surface area contributed by atoms with Crippen LogP contribution in [0.2, 0.25) is 0 Å². The zero-order valence-electron chi connectivity index (χ0n) is 12.7. The van der Waals surface area contributed by atoms with Gasteiger partial charge in [-0.3, -0.25) is 14.8 Å². The molecule has 1 saturated carbocycles. The molecule has 0 spiro atoms. The van der Waals surface area contributed by atoms with Gasteiger partial charge in [-0.2, -0.15) is 0 Å². The van der Waals surface area contributed by atoms with Gasteiger partial charge >= 0.3 is 0 Å². The summed E-state index contributed by atoms with van der Waals surface area (Å²) in [4.78, 5) is 26.2. The lowest BCUT2D eigenvalue weighted by Gasteiger charge is -2.32. The highest BCUT2D eigenvalue weighted by Gasteiger charge is 2.53. The van der Waals surface area contributed by atoms with E-state index in [0.29, 0.717) is 0 Å². The van der Waals surface area contributed by atoms with E-state index in [2.05, 4.69) is 0 Å². The second-order valence-corrected chi connectivity index (χ2v) is 6.03. The first-order valence-corrected chi connectivity index (χ1v) is 7.21. The van der Waals surface area contributed by atoms with Crippen molar-refractivity contribution in [2.45, 2.75) is 38.1 Å². The number of hydrogen-bond acceptors (Lipinski definition) is 3. The van der Waals surface area contributed by atoms with E-state index in [9.17, 15) is 9.59 Å². The molecule has 1 aliphatic rings. The molecule has 5 heteroatoms. The van der Waals surface area contributed by atoms with Crippen LogP contribution in [-0.4, -0.2) is 35.0 Å². The van der Waals surface area contributed by atoms with E-state index < -0.39 is 17.4 Å². The highest BCUT2D eigenvalue weighted by molar-refractivity contribution is 5.95. The minimum atomic E-state index is -0.677. The summed E-state index contributed by atoms with van der Waals surface area (Å²) in [6.07, 6.45) is 1.59. The number of likely N-dealkylation sites (N-methyl/N-ethyl adjacent to an activating group) is 1. The third-order valence-electron chi connectivity index (χ3n) is 4.23. The van der Waals surface area contributed by atoms with Crippen molar-refractivity contribution in [1.29, 1.82) is 0 Å². The average molecular weight is 290 g/mol. The Bertz CT molecular complexity index is 524. The minimum absolute atomic E-state index is 0.0593. The number of benzene rings is 1. The quantitative estimate of drug-likeness (QED) is 0.640. The summed E-state index contributed by atoms with van der Waals surface area (Å²) in [5.74, 6) is -0.696. The van der Waals surface area contributed by atoms with Gasteiger partial charge in [-0.15, -0.1) is 0 Å². The Kier molecular flexibility index (Phi) is 4.32. The van der Waals surface area contributed by atoms with Crippen molar-refractivity contribution in [3.63, 3.8) is 0 Å². The zero-order chi connectivity index (χ0) is 15.6. The summed E-state index contributed by atoms with van der Waals surface area (Å²) in [6, 6.07) is 8.99. The summed E-state index contributed by atoms with van der Waals surface area (Å²) in [6.45, 7) is 3.71. The number of carbonyl (C=O) groups is 2. The molecule has 0 aliphatic heterocycles.